The van der Waals surface area contributed by atoms with E-state index < -0.39 is 0 Å². The molecule has 94 valence electrons. The van der Waals surface area contributed by atoms with Gasteiger partial charge >= 0.3 is 0 Å². The number of benzene rings is 1. The number of aromatic nitrogens is 2. The van der Waals surface area contributed by atoms with Crippen LogP contribution in [0.15, 0.2) is 28.9 Å². The lowest BCUT2D eigenvalue weighted by atomic mass is 10.3. The molecule has 1 aromatic heterocycles. The Balaban J connectivity index is 2.06. The van der Waals surface area contributed by atoms with Crippen molar-refractivity contribution in [2.75, 3.05) is 5.32 Å². The van der Waals surface area contributed by atoms with Crippen LogP contribution >= 0.6 is 27.5 Å². The van der Waals surface area contributed by atoms with Crippen molar-refractivity contribution in [3.63, 3.8) is 0 Å². The van der Waals surface area contributed by atoms with Gasteiger partial charge in [0, 0.05) is 16.7 Å². The molecular weight excluding hydrogens is 314 g/mol. The van der Waals surface area contributed by atoms with Gasteiger partial charge in [0.2, 0.25) is 5.95 Å². The fourth-order valence-electron chi connectivity index (χ4n) is 1.86. The van der Waals surface area contributed by atoms with Gasteiger partial charge < -0.3 is 5.32 Å². The smallest absolute Gasteiger partial charge is 0.208 e. The van der Waals surface area contributed by atoms with Gasteiger partial charge in [-0.1, -0.05) is 27.5 Å². The minimum atomic E-state index is 0.566. The molecule has 1 fully saturated rings. The van der Waals surface area contributed by atoms with Gasteiger partial charge in [-0.25, -0.2) is 4.98 Å². The maximum absolute atomic E-state index is 6.27. The maximum Gasteiger partial charge on any atom is 0.208 e. The van der Waals surface area contributed by atoms with E-state index in [-0.39, 0.29) is 0 Å². The summed E-state index contributed by atoms with van der Waals surface area (Å²) in [7, 11) is 0. The SMILES string of the molecule is Cc1cn(-c2cc(Br)ccc2Cl)c(NC2CC2)n1. The summed E-state index contributed by atoms with van der Waals surface area (Å²) in [6, 6.07) is 6.39. The lowest BCUT2D eigenvalue weighted by Gasteiger charge is -2.11. The van der Waals surface area contributed by atoms with Gasteiger partial charge in [0.25, 0.3) is 0 Å². The third kappa shape index (κ3) is 2.40. The molecule has 1 saturated carbocycles. The second-order valence-electron chi connectivity index (χ2n) is 4.59. The van der Waals surface area contributed by atoms with Crippen LogP contribution in [0, 0.1) is 6.92 Å². The van der Waals surface area contributed by atoms with Crippen LogP contribution in [0.25, 0.3) is 5.69 Å². The molecule has 3 nitrogen and oxygen atoms in total. The van der Waals surface area contributed by atoms with Crippen molar-refractivity contribution in [3.05, 3.63) is 39.6 Å². The number of nitrogens with zero attached hydrogens (tertiary/aromatic N) is 2. The van der Waals surface area contributed by atoms with Crippen molar-refractivity contribution in [1.82, 2.24) is 9.55 Å². The van der Waals surface area contributed by atoms with Gasteiger partial charge in [-0.3, -0.25) is 4.57 Å². The maximum atomic E-state index is 6.27. The zero-order chi connectivity index (χ0) is 12.7. The van der Waals surface area contributed by atoms with Gasteiger partial charge in [-0.15, -0.1) is 0 Å². The third-order valence-corrected chi connectivity index (χ3v) is 3.72. The summed E-state index contributed by atoms with van der Waals surface area (Å²) in [6.07, 6.45) is 4.44. The van der Waals surface area contributed by atoms with E-state index in [1.807, 2.05) is 35.9 Å². The van der Waals surface area contributed by atoms with Gasteiger partial charge in [0.05, 0.1) is 16.4 Å². The number of hydrogen-bond donors (Lipinski definition) is 1. The van der Waals surface area contributed by atoms with E-state index in [1.165, 1.54) is 12.8 Å². The standard InChI is InChI=1S/C13H13BrClN3/c1-8-7-18(13(16-8)17-10-3-4-10)12-6-9(14)2-5-11(12)15/h2,5-7,10H,3-4H2,1H3,(H,16,17). The Kier molecular flexibility index (Phi) is 3.08. The average Bonchev–Trinajstić information content (AvgIpc) is 3.05. The molecule has 1 aliphatic carbocycles. The van der Waals surface area contributed by atoms with Crippen LogP contribution in [0.3, 0.4) is 0 Å². The fraction of sp³-hybridized carbons (Fsp3) is 0.308. The molecule has 5 heteroatoms. The molecule has 0 atom stereocenters. The Morgan fingerprint density at radius 3 is 2.94 bits per heavy atom. The highest BCUT2D eigenvalue weighted by Crippen LogP contribution is 2.30. The first-order valence-corrected chi connectivity index (χ1v) is 7.08. The van der Waals surface area contributed by atoms with Gasteiger partial charge in [-0.05, 0) is 38.0 Å². The van der Waals surface area contributed by atoms with Crippen molar-refractivity contribution in [2.45, 2.75) is 25.8 Å². The molecule has 1 N–H and O–H groups in total. The first kappa shape index (κ1) is 12.1. The molecule has 0 bridgehead atoms. The number of hydrogen-bond acceptors (Lipinski definition) is 2. The molecule has 3 rings (SSSR count). The van der Waals surface area contributed by atoms with Crippen LogP contribution in [-0.4, -0.2) is 15.6 Å². The second-order valence-corrected chi connectivity index (χ2v) is 5.91. The van der Waals surface area contributed by atoms with Crippen LogP contribution < -0.4 is 5.32 Å². The summed E-state index contributed by atoms with van der Waals surface area (Å²) < 4.78 is 3.02. The summed E-state index contributed by atoms with van der Waals surface area (Å²) >= 11 is 9.74. The van der Waals surface area contributed by atoms with E-state index in [0.717, 1.165) is 26.8 Å². The molecule has 0 radical (unpaired) electrons. The van der Waals surface area contributed by atoms with E-state index >= 15 is 0 Å². The molecule has 0 spiro atoms. The van der Waals surface area contributed by atoms with Crippen molar-refractivity contribution < 1.29 is 0 Å². The predicted molar refractivity (Wildman–Crippen MR) is 77.7 cm³/mol. The molecule has 0 saturated heterocycles. The summed E-state index contributed by atoms with van der Waals surface area (Å²) in [5, 5.41) is 4.15. The number of anilines is 1. The first-order valence-electron chi connectivity index (χ1n) is 5.91. The average molecular weight is 327 g/mol. The van der Waals surface area contributed by atoms with E-state index in [4.69, 9.17) is 11.6 Å². The molecule has 18 heavy (non-hydrogen) atoms. The molecular formula is C13H13BrClN3. The molecule has 1 aliphatic rings. The molecule has 1 aromatic carbocycles. The highest BCUT2D eigenvalue weighted by Gasteiger charge is 2.23. The summed E-state index contributed by atoms with van der Waals surface area (Å²) in [5.74, 6) is 0.870. The van der Waals surface area contributed by atoms with E-state index in [0.29, 0.717) is 6.04 Å². The highest BCUT2D eigenvalue weighted by atomic mass is 79.9. The van der Waals surface area contributed by atoms with E-state index in [2.05, 4.69) is 26.2 Å². The molecule has 2 aromatic rings. The quantitative estimate of drug-likeness (QED) is 0.917. The zero-order valence-electron chi connectivity index (χ0n) is 9.95. The van der Waals surface area contributed by atoms with Gasteiger partial charge in [0.1, 0.15) is 0 Å². The predicted octanol–water partition coefficient (Wildman–Crippen LogP) is 4.17. The van der Waals surface area contributed by atoms with Gasteiger partial charge in [0.15, 0.2) is 0 Å². The number of aryl methyl sites for hydroxylation is 1. The third-order valence-electron chi connectivity index (χ3n) is 2.90. The van der Waals surface area contributed by atoms with Crippen LogP contribution in [0.1, 0.15) is 18.5 Å². The fourth-order valence-corrected chi connectivity index (χ4v) is 2.42. The largest absolute Gasteiger partial charge is 0.353 e. The van der Waals surface area contributed by atoms with Gasteiger partial charge in [-0.2, -0.15) is 0 Å². The summed E-state index contributed by atoms with van der Waals surface area (Å²) in [5.41, 5.74) is 1.92. The number of imidazole rings is 1. The van der Waals surface area contributed by atoms with E-state index in [1.54, 1.807) is 0 Å². The second kappa shape index (κ2) is 4.59. The summed E-state index contributed by atoms with van der Waals surface area (Å²) in [6.45, 7) is 1.99. The Bertz CT molecular complexity index is 590. The number of rotatable bonds is 3. The molecule has 0 unspecified atom stereocenters. The Labute approximate surface area is 119 Å². The monoisotopic (exact) mass is 325 g/mol. The van der Waals surface area contributed by atoms with Crippen molar-refractivity contribution in [3.8, 4) is 5.69 Å². The van der Waals surface area contributed by atoms with Crippen molar-refractivity contribution in [1.29, 1.82) is 0 Å². The van der Waals surface area contributed by atoms with Crippen molar-refractivity contribution >= 4 is 33.5 Å². The van der Waals surface area contributed by atoms with Crippen LogP contribution in [0.4, 0.5) is 5.95 Å². The molecule has 0 amide bonds. The Morgan fingerprint density at radius 1 is 1.44 bits per heavy atom. The summed E-state index contributed by atoms with van der Waals surface area (Å²) in [4.78, 5) is 4.52. The molecule has 0 aliphatic heterocycles. The van der Waals surface area contributed by atoms with Crippen LogP contribution in [0.2, 0.25) is 5.02 Å². The van der Waals surface area contributed by atoms with Crippen molar-refractivity contribution in [2.24, 2.45) is 0 Å². The van der Waals surface area contributed by atoms with E-state index in [9.17, 15) is 0 Å². The Morgan fingerprint density at radius 2 is 2.22 bits per heavy atom. The number of halogens is 2. The highest BCUT2D eigenvalue weighted by molar-refractivity contribution is 9.10. The number of nitrogens with one attached hydrogen (secondary N) is 1. The minimum absolute atomic E-state index is 0.566. The lowest BCUT2D eigenvalue weighted by Crippen LogP contribution is -2.08. The molecule has 1 heterocycles. The lowest BCUT2D eigenvalue weighted by molar-refractivity contribution is 1.00. The first-order chi connectivity index (χ1) is 8.63. The zero-order valence-corrected chi connectivity index (χ0v) is 12.3. The Hall–Kier alpha value is -1.00. The normalized spacial score (nSPS) is 14.8. The minimum Gasteiger partial charge on any atom is -0.353 e. The topological polar surface area (TPSA) is 29.9 Å². The van der Waals surface area contributed by atoms with Crippen LogP contribution in [-0.2, 0) is 0 Å². The van der Waals surface area contributed by atoms with Crippen LogP contribution in [0.5, 0.6) is 0 Å².